The van der Waals surface area contributed by atoms with Gasteiger partial charge in [0.25, 0.3) is 10.0 Å². The van der Waals surface area contributed by atoms with Crippen LogP contribution in [0.15, 0.2) is 35.4 Å². The smallest absolute Gasteiger partial charge is 0.276 e. The standard InChI is InChI=1S/C15H16F3N3O2S/c16-15(17,18)9-11-4-6-12(7-5-11)24(22,23)20-13-10-19-21-8-2-1-3-14(13)21/h4-7,10,20H,1-3,8-9H2. The van der Waals surface area contributed by atoms with Crippen molar-refractivity contribution in [3.05, 3.63) is 41.7 Å². The fraction of sp³-hybridized carbons (Fsp3) is 0.400. The van der Waals surface area contributed by atoms with E-state index < -0.39 is 22.6 Å². The highest BCUT2D eigenvalue weighted by Gasteiger charge is 2.28. The van der Waals surface area contributed by atoms with E-state index in [0.717, 1.165) is 31.5 Å². The first-order chi connectivity index (χ1) is 11.2. The maximum atomic E-state index is 12.4. The summed E-state index contributed by atoms with van der Waals surface area (Å²) in [6.45, 7) is 0.753. The molecule has 9 heteroatoms. The summed E-state index contributed by atoms with van der Waals surface area (Å²) in [5.74, 6) is 0. The first kappa shape index (κ1) is 16.8. The number of nitrogens with one attached hydrogen (secondary N) is 1. The summed E-state index contributed by atoms with van der Waals surface area (Å²) in [6.07, 6.45) is -1.24. The van der Waals surface area contributed by atoms with Crippen LogP contribution >= 0.6 is 0 Å². The van der Waals surface area contributed by atoms with E-state index in [1.54, 1.807) is 4.68 Å². The highest BCUT2D eigenvalue weighted by molar-refractivity contribution is 7.92. The van der Waals surface area contributed by atoms with Crippen molar-refractivity contribution in [2.45, 2.75) is 43.3 Å². The van der Waals surface area contributed by atoms with Gasteiger partial charge in [0.15, 0.2) is 0 Å². The molecular formula is C15H16F3N3O2S. The van der Waals surface area contributed by atoms with Crippen LogP contribution in [-0.2, 0) is 29.4 Å². The van der Waals surface area contributed by atoms with Crippen molar-refractivity contribution in [3.8, 4) is 0 Å². The second kappa shape index (κ2) is 6.12. The van der Waals surface area contributed by atoms with Gasteiger partial charge in [-0.3, -0.25) is 9.40 Å². The molecule has 1 aliphatic rings. The molecule has 0 spiro atoms. The van der Waals surface area contributed by atoms with Crippen LogP contribution < -0.4 is 4.72 Å². The molecule has 24 heavy (non-hydrogen) atoms. The van der Waals surface area contributed by atoms with E-state index in [4.69, 9.17) is 0 Å². The van der Waals surface area contributed by atoms with Crippen LogP contribution in [0.25, 0.3) is 0 Å². The average molecular weight is 359 g/mol. The first-order valence-electron chi connectivity index (χ1n) is 7.48. The van der Waals surface area contributed by atoms with Gasteiger partial charge in [-0.1, -0.05) is 12.1 Å². The van der Waals surface area contributed by atoms with E-state index in [9.17, 15) is 21.6 Å². The van der Waals surface area contributed by atoms with Crippen LogP contribution in [0, 0.1) is 0 Å². The first-order valence-corrected chi connectivity index (χ1v) is 8.96. The number of anilines is 1. The zero-order chi connectivity index (χ0) is 17.4. The molecule has 5 nitrogen and oxygen atoms in total. The molecule has 1 N–H and O–H groups in total. The lowest BCUT2D eigenvalue weighted by molar-refractivity contribution is -0.127. The van der Waals surface area contributed by atoms with Gasteiger partial charge in [0.1, 0.15) is 0 Å². The number of aromatic nitrogens is 2. The van der Waals surface area contributed by atoms with E-state index in [1.807, 2.05) is 0 Å². The second-order valence-corrected chi connectivity index (χ2v) is 7.41. The monoisotopic (exact) mass is 359 g/mol. The molecule has 2 heterocycles. The lowest BCUT2D eigenvalue weighted by atomic mass is 10.1. The number of hydrogen-bond donors (Lipinski definition) is 1. The van der Waals surface area contributed by atoms with Crippen molar-refractivity contribution in [1.82, 2.24) is 9.78 Å². The van der Waals surface area contributed by atoms with Gasteiger partial charge in [-0.15, -0.1) is 0 Å². The average Bonchev–Trinajstić information content (AvgIpc) is 2.89. The summed E-state index contributed by atoms with van der Waals surface area (Å²) in [5, 5.41) is 4.15. The van der Waals surface area contributed by atoms with Crippen molar-refractivity contribution in [2.24, 2.45) is 0 Å². The third-order valence-corrected chi connectivity index (χ3v) is 5.25. The number of sulfonamides is 1. The summed E-state index contributed by atoms with van der Waals surface area (Å²) in [4.78, 5) is -0.0795. The minimum atomic E-state index is -4.32. The van der Waals surface area contributed by atoms with Gasteiger partial charge in [-0.2, -0.15) is 18.3 Å². The molecule has 2 aromatic rings. The Morgan fingerprint density at radius 3 is 2.54 bits per heavy atom. The molecule has 0 amide bonds. The van der Waals surface area contributed by atoms with Crippen molar-refractivity contribution >= 4 is 15.7 Å². The minimum Gasteiger partial charge on any atom is -0.276 e. The van der Waals surface area contributed by atoms with Gasteiger partial charge in [0.05, 0.1) is 28.9 Å². The Kier molecular flexibility index (Phi) is 4.29. The number of hydrogen-bond acceptors (Lipinski definition) is 3. The number of benzene rings is 1. The Labute approximate surface area is 137 Å². The predicted octanol–water partition coefficient (Wildman–Crippen LogP) is 3.13. The zero-order valence-corrected chi connectivity index (χ0v) is 13.5. The lowest BCUT2D eigenvalue weighted by Gasteiger charge is -2.15. The molecule has 0 fully saturated rings. The Morgan fingerprint density at radius 2 is 1.88 bits per heavy atom. The molecular weight excluding hydrogens is 343 g/mol. The van der Waals surface area contributed by atoms with Crippen LogP contribution in [0.2, 0.25) is 0 Å². The van der Waals surface area contributed by atoms with Crippen molar-refractivity contribution < 1.29 is 21.6 Å². The molecule has 0 bridgehead atoms. The number of aryl methyl sites for hydroxylation is 1. The van der Waals surface area contributed by atoms with Gasteiger partial charge in [0, 0.05) is 6.54 Å². The van der Waals surface area contributed by atoms with Crippen LogP contribution in [0.3, 0.4) is 0 Å². The molecule has 0 unspecified atom stereocenters. The largest absolute Gasteiger partial charge is 0.393 e. The lowest BCUT2D eigenvalue weighted by Crippen LogP contribution is -2.17. The summed E-state index contributed by atoms with van der Waals surface area (Å²) in [5.41, 5.74) is 1.27. The van der Waals surface area contributed by atoms with Gasteiger partial charge in [-0.25, -0.2) is 8.42 Å². The van der Waals surface area contributed by atoms with Crippen LogP contribution in [0.4, 0.5) is 18.9 Å². The Morgan fingerprint density at radius 1 is 1.17 bits per heavy atom. The van der Waals surface area contributed by atoms with Crippen molar-refractivity contribution in [1.29, 1.82) is 0 Å². The normalized spacial score (nSPS) is 15.1. The second-order valence-electron chi connectivity index (χ2n) is 5.73. The molecule has 1 aromatic heterocycles. The predicted molar refractivity (Wildman–Crippen MR) is 82.2 cm³/mol. The van der Waals surface area contributed by atoms with Crippen LogP contribution in [-0.4, -0.2) is 24.4 Å². The number of nitrogens with zero attached hydrogens (tertiary/aromatic N) is 2. The highest BCUT2D eigenvalue weighted by Crippen LogP contribution is 2.26. The number of fused-ring (bicyclic) bond motifs is 1. The fourth-order valence-corrected chi connectivity index (χ4v) is 3.80. The fourth-order valence-electron chi connectivity index (χ4n) is 2.73. The van der Waals surface area contributed by atoms with Gasteiger partial charge in [-0.05, 0) is 37.0 Å². The SMILES string of the molecule is O=S(=O)(Nc1cnn2c1CCCC2)c1ccc(CC(F)(F)F)cc1. The van der Waals surface area contributed by atoms with Crippen molar-refractivity contribution in [2.75, 3.05) is 4.72 Å². The van der Waals surface area contributed by atoms with Crippen LogP contribution in [0.1, 0.15) is 24.1 Å². The summed E-state index contributed by atoms with van der Waals surface area (Å²) in [6, 6.07) is 4.71. The van der Waals surface area contributed by atoms with Gasteiger partial charge < -0.3 is 0 Å². The molecule has 0 aliphatic carbocycles. The maximum Gasteiger partial charge on any atom is 0.393 e. The van der Waals surface area contributed by atoms with E-state index in [0.29, 0.717) is 5.69 Å². The summed E-state index contributed by atoms with van der Waals surface area (Å²) >= 11 is 0. The van der Waals surface area contributed by atoms with E-state index >= 15 is 0 Å². The quantitative estimate of drug-likeness (QED) is 0.912. The van der Waals surface area contributed by atoms with E-state index in [-0.39, 0.29) is 10.5 Å². The van der Waals surface area contributed by atoms with Gasteiger partial charge in [0.2, 0.25) is 0 Å². The third kappa shape index (κ3) is 3.72. The minimum absolute atomic E-state index is 0.0179. The Hall–Kier alpha value is -2.03. The summed E-state index contributed by atoms with van der Waals surface area (Å²) < 4.78 is 66.1. The number of alkyl halides is 3. The van der Waals surface area contributed by atoms with Crippen molar-refractivity contribution in [3.63, 3.8) is 0 Å². The van der Waals surface area contributed by atoms with E-state index in [2.05, 4.69) is 9.82 Å². The molecule has 3 rings (SSSR count). The topological polar surface area (TPSA) is 64.0 Å². The van der Waals surface area contributed by atoms with Gasteiger partial charge >= 0.3 is 6.18 Å². The number of halogens is 3. The molecule has 0 atom stereocenters. The van der Waals surface area contributed by atoms with E-state index in [1.165, 1.54) is 30.5 Å². The maximum absolute atomic E-state index is 12.4. The molecule has 0 saturated carbocycles. The Bertz CT molecular complexity index is 827. The molecule has 130 valence electrons. The van der Waals surface area contributed by atoms with Crippen LogP contribution in [0.5, 0.6) is 0 Å². The zero-order valence-electron chi connectivity index (χ0n) is 12.7. The summed E-state index contributed by atoms with van der Waals surface area (Å²) in [7, 11) is -3.86. The third-order valence-electron chi connectivity index (χ3n) is 3.86. The Balaban J connectivity index is 1.79. The molecule has 1 aliphatic heterocycles. The molecule has 0 saturated heterocycles. The molecule has 0 radical (unpaired) electrons. The number of rotatable bonds is 4. The highest BCUT2D eigenvalue weighted by atomic mass is 32.2. The molecule has 1 aromatic carbocycles.